The van der Waals surface area contributed by atoms with E-state index in [1.807, 2.05) is 6.92 Å². The Kier molecular flexibility index (Phi) is 48.3. The monoisotopic (exact) mass is 1380 g/mol. The van der Waals surface area contributed by atoms with Crippen molar-refractivity contribution >= 4 is 95.7 Å². The number of carboxylic acid groups (broad SMARTS) is 5. The number of benzene rings is 3. The minimum atomic E-state index is -1.16. The van der Waals surface area contributed by atoms with Crippen molar-refractivity contribution in [2.24, 2.45) is 11.8 Å². The largest absolute Gasteiger partial charge is 0.508 e. The molecule has 5 amide bonds. The highest BCUT2D eigenvalue weighted by Crippen LogP contribution is 2.31. The van der Waals surface area contributed by atoms with Gasteiger partial charge < -0.3 is 64.7 Å². The predicted octanol–water partition coefficient (Wildman–Crippen LogP) is 9.08. The van der Waals surface area contributed by atoms with E-state index in [2.05, 4.69) is 67.4 Å². The third kappa shape index (κ3) is 43.9. The number of carbonyl (C=O) groups excluding carboxylic acids is 9. The van der Waals surface area contributed by atoms with Crippen molar-refractivity contribution in [2.45, 2.75) is 66.2 Å². The number of aromatic hydroxyl groups is 2. The van der Waals surface area contributed by atoms with Crippen LogP contribution in [0.4, 0.5) is 10.5 Å². The topological polar surface area (TPSA) is 445 Å². The van der Waals surface area contributed by atoms with Gasteiger partial charge in [0.2, 0.25) is 11.8 Å². The van der Waals surface area contributed by atoms with Crippen molar-refractivity contribution in [1.82, 2.24) is 9.80 Å². The van der Waals surface area contributed by atoms with E-state index in [1.54, 1.807) is 68.5 Å². The van der Waals surface area contributed by atoms with Crippen LogP contribution in [0.1, 0.15) is 82.1 Å². The van der Waals surface area contributed by atoms with Crippen LogP contribution < -0.4 is 10.1 Å². The number of hydrogen-bond donors (Lipinski definition) is 8. The van der Waals surface area contributed by atoms with E-state index >= 15 is 0 Å². The number of urea groups is 1. The number of nitrogens with zero attached hydrogens (tertiary/aromatic N) is 2. The summed E-state index contributed by atoms with van der Waals surface area (Å²) >= 11 is 0. The Balaban J connectivity index is -0.00000108. The maximum atomic E-state index is 11.8. The minimum Gasteiger partial charge on any atom is -0.508 e. The number of nitrogens with one attached hydrogen (secondary N) is 1. The smallest absolute Gasteiger partial charge is 0.338 e. The molecule has 2 aliphatic rings. The number of aliphatic carboxylic acids is 4. The zero-order valence-corrected chi connectivity index (χ0v) is 55.2. The first-order valence-electron chi connectivity index (χ1n) is 29.1. The summed E-state index contributed by atoms with van der Waals surface area (Å²) in [5.74, 6) is -8.79. The molecular weight excluding hydrogens is 1300 g/mol. The molecule has 0 radical (unpaired) electrons. The maximum absolute atomic E-state index is 11.8. The van der Waals surface area contributed by atoms with Crippen LogP contribution in [-0.2, 0) is 76.5 Å². The maximum Gasteiger partial charge on any atom is 0.338 e. The van der Waals surface area contributed by atoms with E-state index in [1.165, 1.54) is 61.5 Å². The lowest BCUT2D eigenvalue weighted by molar-refractivity contribution is -0.161. The molecule has 29 heteroatoms. The number of anilines is 1. The number of phenols is 2. The number of allylic oxidation sites excluding steroid dienone is 3. The highest BCUT2D eigenvalue weighted by atomic mass is 16.6. The van der Waals surface area contributed by atoms with Gasteiger partial charge in [-0.3, -0.25) is 43.4 Å². The second-order valence-electron chi connectivity index (χ2n) is 19.6. The molecule has 99 heavy (non-hydrogen) atoms. The molecule has 3 aromatic rings. The van der Waals surface area contributed by atoms with Crippen LogP contribution in [0.3, 0.4) is 0 Å². The van der Waals surface area contributed by atoms with Gasteiger partial charge in [-0.25, -0.2) is 33.6 Å². The fraction of sp³-hybridized carbons (Fsp3) is 0.257. The molecule has 3 aromatic carbocycles. The molecule has 2 atom stereocenters. The molecule has 2 unspecified atom stereocenters. The van der Waals surface area contributed by atoms with Gasteiger partial charge in [-0.1, -0.05) is 101 Å². The summed E-state index contributed by atoms with van der Waals surface area (Å²) in [5, 5.41) is 62.3. The molecule has 1 saturated heterocycles. The minimum absolute atomic E-state index is 0.0537. The Morgan fingerprint density at radius 3 is 1.55 bits per heavy atom. The first kappa shape index (κ1) is 90.6. The van der Waals surface area contributed by atoms with Crippen LogP contribution in [-0.4, -0.2) is 169 Å². The second-order valence-corrected chi connectivity index (χ2v) is 19.6. The molecule has 534 valence electrons. The van der Waals surface area contributed by atoms with E-state index < -0.39 is 83.4 Å². The summed E-state index contributed by atoms with van der Waals surface area (Å²) in [5.41, 5.74) is 2.80. The fourth-order valence-electron chi connectivity index (χ4n) is 6.51. The van der Waals surface area contributed by atoms with Gasteiger partial charge in [-0.2, -0.15) is 0 Å². The number of hydrogen-bond acceptors (Lipinski definition) is 21. The lowest BCUT2D eigenvalue weighted by Crippen LogP contribution is -2.54. The molecular formula is C70H83N3O26. The van der Waals surface area contributed by atoms with E-state index in [9.17, 15) is 67.1 Å². The SMILES string of the molecule is C/C=C/C=C/C(=O)O.C=C(C)C(=O)Nc1ccc(O)cc1.C=C(C)C(=O)OCCOC(=O)C1CCCCC1C(=O)O.C=C(C)C(=O)Oc1ccc(O)cc1.C=C(COC=O)C(=O)O.C=CC(=O)OCCC(=O)O.C=CCN1C(=O)CC(=O)N(CC=C)C1=O.C=Cc1ccc(C(=O)O)cc1. The number of esters is 4. The van der Waals surface area contributed by atoms with Gasteiger partial charge >= 0.3 is 59.8 Å². The molecule has 8 N–H and O–H groups in total. The Morgan fingerprint density at radius 2 is 1.13 bits per heavy atom. The van der Waals surface area contributed by atoms with Gasteiger partial charge in [0.1, 0.15) is 50.1 Å². The van der Waals surface area contributed by atoms with Crippen LogP contribution >= 0.6 is 0 Å². The number of barbiturate groups is 1. The fourth-order valence-corrected chi connectivity index (χ4v) is 6.51. The standard InChI is InChI=1S/C14H20O6.C10H12N2O3.C10H11NO2.C10H10O3.C9H8O2.C6H8O4.C6H8O2.C5H6O4/c1-9(2)13(17)19-7-8-20-14(18)11-6-4-3-5-10(11)12(15)16;1-3-5-11-8(13)7-9(14)12(6-4-2)10(11)15;1-7(2)10(13)11-8-3-5-9(12)6-4-8;1-7(2)10(12)13-9-5-3-8(11)4-6-9;1-2-7-3-5-8(6-4-7)9(10)11;1-2-6(9)10-4-3-5(7)8;1-2-3-4-5-6(7)8;1-4(5(7)8)2-9-3-6/h10-11H,1,3-8H2,2H3,(H,15,16);3-4H,1-2,5-7H2;3-6,12H,1H2,2H3,(H,11,13);3-6,11H,1H2,2H3;2-6H,1H2,(H,10,11);2H,1,3-4H2,(H,7,8);2-5H,1H3,(H,7,8);3H,1-2H2,(H,7,8)/b;;;;;;3-2+,5-4+;. The third-order valence-electron chi connectivity index (χ3n) is 11.5. The number of rotatable bonds is 26. The lowest BCUT2D eigenvalue weighted by atomic mass is 9.79. The van der Waals surface area contributed by atoms with Gasteiger partial charge in [-0.15, -0.1) is 13.2 Å². The van der Waals surface area contributed by atoms with E-state index in [0.29, 0.717) is 41.0 Å². The molecule has 1 aliphatic heterocycles. The molecule has 0 bridgehead atoms. The molecule has 1 saturated carbocycles. The number of ether oxygens (including phenoxy) is 5. The van der Waals surface area contributed by atoms with Crippen molar-refractivity contribution in [3.63, 3.8) is 0 Å². The summed E-state index contributed by atoms with van der Waals surface area (Å²) in [6.07, 6.45) is 13.8. The first-order chi connectivity index (χ1) is 46.6. The van der Waals surface area contributed by atoms with Crippen LogP contribution in [0.15, 0.2) is 190 Å². The number of aromatic carboxylic acids is 1. The van der Waals surface area contributed by atoms with Crippen molar-refractivity contribution in [3.8, 4) is 17.2 Å². The van der Waals surface area contributed by atoms with Crippen LogP contribution in [0, 0.1) is 11.8 Å². The van der Waals surface area contributed by atoms with Crippen molar-refractivity contribution in [1.29, 1.82) is 0 Å². The normalized spacial score (nSPS) is 12.9. The van der Waals surface area contributed by atoms with Gasteiger partial charge in [0.05, 0.1) is 29.4 Å². The summed E-state index contributed by atoms with van der Waals surface area (Å²) in [6, 6.07) is 18.1. The van der Waals surface area contributed by atoms with Crippen molar-refractivity contribution in [3.05, 3.63) is 201 Å². The molecule has 29 nitrogen and oxygen atoms in total. The van der Waals surface area contributed by atoms with E-state index in [-0.39, 0.29) is 87.4 Å². The van der Waals surface area contributed by atoms with E-state index in [4.69, 9.17) is 50.0 Å². The molecule has 1 aliphatic carbocycles. The van der Waals surface area contributed by atoms with Crippen molar-refractivity contribution in [2.75, 3.05) is 44.8 Å². The highest BCUT2D eigenvalue weighted by molar-refractivity contribution is 6.14. The summed E-state index contributed by atoms with van der Waals surface area (Å²) in [6.45, 7) is 33.6. The van der Waals surface area contributed by atoms with Gasteiger partial charge in [0, 0.05) is 47.6 Å². The molecule has 1 heterocycles. The highest BCUT2D eigenvalue weighted by Gasteiger charge is 2.37. The number of imide groups is 2. The third-order valence-corrected chi connectivity index (χ3v) is 11.5. The zero-order valence-electron chi connectivity index (χ0n) is 55.2. The number of amides is 5. The van der Waals surface area contributed by atoms with Crippen LogP contribution in [0.2, 0.25) is 0 Å². The quantitative estimate of drug-likeness (QED) is 0.00355. The summed E-state index contributed by atoms with van der Waals surface area (Å²) < 4.78 is 23.1. The Morgan fingerprint density at radius 1 is 0.626 bits per heavy atom. The number of carbonyl (C=O) groups is 14. The van der Waals surface area contributed by atoms with Crippen molar-refractivity contribution < 1.29 is 127 Å². The molecule has 5 rings (SSSR count). The predicted molar refractivity (Wildman–Crippen MR) is 361 cm³/mol. The van der Waals surface area contributed by atoms with Gasteiger partial charge in [-0.05, 0) is 107 Å². The number of phenolic OH excluding ortho intramolecular Hbond substituents is 2. The van der Waals surface area contributed by atoms with Crippen LogP contribution in [0.25, 0.3) is 6.08 Å². The first-order valence-corrected chi connectivity index (χ1v) is 29.1. The molecule has 0 aromatic heterocycles. The number of carboxylic acids is 5. The van der Waals surface area contributed by atoms with E-state index in [0.717, 1.165) is 40.4 Å². The summed E-state index contributed by atoms with van der Waals surface area (Å²) in [4.78, 5) is 152. The average Bonchev–Trinajstić information content (AvgIpc) is 0.838. The van der Waals surface area contributed by atoms with Crippen LogP contribution in [0.5, 0.6) is 17.2 Å². The zero-order chi connectivity index (χ0) is 76.2. The molecule has 2 fully saturated rings. The van der Waals surface area contributed by atoms with Gasteiger partial charge in [0.25, 0.3) is 12.4 Å². The Bertz CT molecular complexity index is 3280. The van der Waals surface area contributed by atoms with Gasteiger partial charge in [0.15, 0.2) is 0 Å². The lowest BCUT2D eigenvalue weighted by Gasteiger charge is -2.31. The average molecular weight is 1380 g/mol. The molecule has 0 spiro atoms. The Labute approximate surface area is 571 Å². The Hall–Kier alpha value is -12.6. The summed E-state index contributed by atoms with van der Waals surface area (Å²) in [7, 11) is 0. The second kappa shape index (κ2) is 52.8.